The first-order valence-electron chi connectivity index (χ1n) is 5.39. The molecule has 1 aromatic heterocycles. The molecule has 1 fully saturated rings. The molecule has 1 aliphatic rings. The molecule has 0 spiro atoms. The lowest BCUT2D eigenvalue weighted by Crippen LogP contribution is -2.37. The highest BCUT2D eigenvalue weighted by molar-refractivity contribution is 5.43. The summed E-state index contributed by atoms with van der Waals surface area (Å²) in [6, 6.07) is 1.47. The van der Waals surface area contributed by atoms with Crippen LogP contribution in [0.5, 0.6) is 0 Å². The van der Waals surface area contributed by atoms with Crippen LogP contribution in [0, 0.1) is 5.82 Å². The summed E-state index contributed by atoms with van der Waals surface area (Å²) in [5.74, 6) is -0.181. The molecule has 0 aromatic carbocycles. The van der Waals surface area contributed by atoms with Crippen molar-refractivity contribution in [2.24, 2.45) is 0 Å². The molecule has 0 saturated carbocycles. The molecule has 1 aromatic rings. The van der Waals surface area contributed by atoms with E-state index >= 15 is 0 Å². The monoisotopic (exact) mass is 226 g/mol. The van der Waals surface area contributed by atoms with Crippen molar-refractivity contribution in [3.8, 4) is 0 Å². The summed E-state index contributed by atoms with van der Waals surface area (Å²) < 4.78 is 13.8. The van der Waals surface area contributed by atoms with Crippen LogP contribution >= 0.6 is 0 Å². The van der Waals surface area contributed by atoms with Gasteiger partial charge in [-0.15, -0.1) is 0 Å². The van der Waals surface area contributed by atoms with Gasteiger partial charge in [-0.2, -0.15) is 0 Å². The van der Waals surface area contributed by atoms with E-state index in [-0.39, 0.29) is 24.1 Å². The maximum atomic E-state index is 13.8. The summed E-state index contributed by atoms with van der Waals surface area (Å²) in [5.41, 5.74) is 0.260. The number of halogens is 1. The van der Waals surface area contributed by atoms with Gasteiger partial charge in [-0.3, -0.25) is 0 Å². The largest absolute Gasteiger partial charge is 0.393 e. The van der Waals surface area contributed by atoms with Crippen LogP contribution in [0.1, 0.15) is 18.4 Å². The van der Waals surface area contributed by atoms with Crippen molar-refractivity contribution < 1.29 is 14.6 Å². The van der Waals surface area contributed by atoms with E-state index in [2.05, 4.69) is 4.98 Å². The lowest BCUT2D eigenvalue weighted by atomic mass is 10.1. The highest BCUT2D eigenvalue weighted by Gasteiger charge is 2.21. The Balaban J connectivity index is 2.20. The number of hydrogen-bond donors (Lipinski definition) is 2. The van der Waals surface area contributed by atoms with Crippen molar-refractivity contribution in [3.05, 3.63) is 23.6 Å². The lowest BCUT2D eigenvalue weighted by Gasteiger charge is -2.30. The van der Waals surface area contributed by atoms with Crippen LogP contribution in [0.4, 0.5) is 10.2 Å². The fourth-order valence-corrected chi connectivity index (χ4v) is 1.89. The van der Waals surface area contributed by atoms with Crippen LogP contribution in [0.15, 0.2) is 12.3 Å². The zero-order valence-electron chi connectivity index (χ0n) is 8.93. The van der Waals surface area contributed by atoms with Crippen LogP contribution in [0.3, 0.4) is 0 Å². The third-order valence-electron chi connectivity index (χ3n) is 2.89. The Morgan fingerprint density at radius 2 is 2.12 bits per heavy atom. The first-order valence-corrected chi connectivity index (χ1v) is 5.39. The molecule has 0 bridgehead atoms. The third kappa shape index (κ3) is 2.15. The molecule has 5 heteroatoms. The van der Waals surface area contributed by atoms with Crippen molar-refractivity contribution in [3.63, 3.8) is 0 Å². The SMILES string of the molecule is OCc1ccnc(N2CCC(O)CC2)c1F. The summed E-state index contributed by atoms with van der Waals surface area (Å²) >= 11 is 0. The van der Waals surface area contributed by atoms with Crippen LogP contribution in [0.25, 0.3) is 0 Å². The van der Waals surface area contributed by atoms with E-state index < -0.39 is 5.82 Å². The van der Waals surface area contributed by atoms with Gasteiger partial charge in [0.05, 0.1) is 12.7 Å². The predicted octanol–water partition coefficient (Wildman–Crippen LogP) is 0.674. The Labute approximate surface area is 93.3 Å². The summed E-state index contributed by atoms with van der Waals surface area (Å²) in [6.45, 7) is 0.873. The number of aliphatic hydroxyl groups is 2. The van der Waals surface area contributed by atoms with Gasteiger partial charge >= 0.3 is 0 Å². The first-order chi connectivity index (χ1) is 7.72. The number of pyridine rings is 1. The molecule has 2 heterocycles. The lowest BCUT2D eigenvalue weighted by molar-refractivity contribution is 0.145. The van der Waals surface area contributed by atoms with Gasteiger partial charge in [0.15, 0.2) is 11.6 Å². The van der Waals surface area contributed by atoms with Gasteiger partial charge in [0.1, 0.15) is 0 Å². The maximum Gasteiger partial charge on any atom is 0.171 e. The van der Waals surface area contributed by atoms with E-state index in [0.29, 0.717) is 25.9 Å². The molecule has 2 rings (SSSR count). The van der Waals surface area contributed by atoms with Gasteiger partial charge in [0.25, 0.3) is 0 Å². The topological polar surface area (TPSA) is 56.6 Å². The third-order valence-corrected chi connectivity index (χ3v) is 2.89. The Morgan fingerprint density at radius 3 is 2.75 bits per heavy atom. The molecule has 16 heavy (non-hydrogen) atoms. The fraction of sp³-hybridized carbons (Fsp3) is 0.545. The smallest absolute Gasteiger partial charge is 0.171 e. The standard InChI is InChI=1S/C11H15FN2O2/c12-10-8(7-15)1-4-13-11(10)14-5-2-9(16)3-6-14/h1,4,9,15-16H,2-3,5-7H2. The Morgan fingerprint density at radius 1 is 1.44 bits per heavy atom. The van der Waals surface area contributed by atoms with Gasteiger partial charge in [-0.1, -0.05) is 0 Å². The van der Waals surface area contributed by atoms with Crippen molar-refractivity contribution >= 4 is 5.82 Å². The molecule has 0 aliphatic carbocycles. The summed E-state index contributed by atoms with van der Waals surface area (Å²) in [4.78, 5) is 5.80. The highest BCUT2D eigenvalue weighted by Crippen LogP contribution is 2.22. The van der Waals surface area contributed by atoms with Crippen LogP contribution in [-0.2, 0) is 6.61 Å². The molecule has 1 saturated heterocycles. The summed E-state index contributed by atoms with van der Waals surface area (Å²) in [6.07, 6.45) is 2.46. The van der Waals surface area contributed by atoms with Gasteiger partial charge in [0.2, 0.25) is 0 Å². The second kappa shape index (κ2) is 4.76. The molecule has 2 N–H and O–H groups in total. The number of nitrogens with zero attached hydrogens (tertiary/aromatic N) is 2. The van der Waals surface area contributed by atoms with Crippen molar-refractivity contribution in [1.82, 2.24) is 4.98 Å². The molecule has 0 unspecified atom stereocenters. The van der Waals surface area contributed by atoms with Crippen LogP contribution in [0.2, 0.25) is 0 Å². The Kier molecular flexibility index (Phi) is 3.36. The zero-order chi connectivity index (χ0) is 11.5. The van der Waals surface area contributed by atoms with E-state index in [1.807, 2.05) is 0 Å². The maximum absolute atomic E-state index is 13.8. The van der Waals surface area contributed by atoms with Gasteiger partial charge < -0.3 is 15.1 Å². The quantitative estimate of drug-likeness (QED) is 0.778. The zero-order valence-corrected chi connectivity index (χ0v) is 8.93. The average Bonchev–Trinajstić information content (AvgIpc) is 2.31. The second-order valence-corrected chi connectivity index (χ2v) is 3.98. The molecule has 0 radical (unpaired) electrons. The second-order valence-electron chi connectivity index (χ2n) is 3.98. The van der Waals surface area contributed by atoms with Crippen LogP contribution in [-0.4, -0.2) is 34.4 Å². The van der Waals surface area contributed by atoms with Crippen molar-refractivity contribution in [2.75, 3.05) is 18.0 Å². The number of piperidine rings is 1. The molecular formula is C11H15FN2O2. The predicted molar refractivity (Wildman–Crippen MR) is 57.6 cm³/mol. The molecule has 1 aliphatic heterocycles. The number of rotatable bonds is 2. The Bertz CT molecular complexity index is 365. The number of anilines is 1. The van der Waals surface area contributed by atoms with Crippen LogP contribution < -0.4 is 4.90 Å². The van der Waals surface area contributed by atoms with Gasteiger partial charge in [-0.05, 0) is 18.9 Å². The fourth-order valence-electron chi connectivity index (χ4n) is 1.89. The van der Waals surface area contributed by atoms with Gasteiger partial charge in [-0.25, -0.2) is 9.37 Å². The number of aliphatic hydroxyl groups excluding tert-OH is 2. The number of hydrogen-bond acceptors (Lipinski definition) is 4. The van der Waals surface area contributed by atoms with E-state index in [0.717, 1.165) is 0 Å². The van der Waals surface area contributed by atoms with Crippen molar-refractivity contribution in [1.29, 1.82) is 0 Å². The van der Waals surface area contributed by atoms with E-state index in [9.17, 15) is 9.50 Å². The first kappa shape index (κ1) is 11.3. The van der Waals surface area contributed by atoms with E-state index in [4.69, 9.17) is 5.11 Å². The molecule has 88 valence electrons. The average molecular weight is 226 g/mol. The normalized spacial score (nSPS) is 17.8. The minimum atomic E-state index is -0.457. The van der Waals surface area contributed by atoms with Crippen molar-refractivity contribution in [2.45, 2.75) is 25.6 Å². The van der Waals surface area contributed by atoms with E-state index in [1.54, 1.807) is 4.90 Å². The minimum absolute atomic E-state index is 0.260. The summed E-state index contributed by atoms with van der Waals surface area (Å²) in [7, 11) is 0. The Hall–Kier alpha value is -1.20. The molecular weight excluding hydrogens is 211 g/mol. The number of aromatic nitrogens is 1. The van der Waals surface area contributed by atoms with Gasteiger partial charge in [0, 0.05) is 24.8 Å². The minimum Gasteiger partial charge on any atom is -0.393 e. The highest BCUT2D eigenvalue weighted by atomic mass is 19.1. The molecule has 0 atom stereocenters. The van der Waals surface area contributed by atoms with E-state index in [1.165, 1.54) is 12.3 Å². The molecule has 0 amide bonds. The molecule has 4 nitrogen and oxygen atoms in total. The summed E-state index contributed by atoms with van der Waals surface area (Å²) in [5, 5.41) is 18.3.